The third-order valence-corrected chi connectivity index (χ3v) is 1.97. The topological polar surface area (TPSA) is 26.3 Å². The molecule has 0 aromatic carbocycles. The van der Waals surface area contributed by atoms with Crippen LogP contribution in [0.25, 0.3) is 0 Å². The Balaban J connectivity index is 4.08. The van der Waals surface area contributed by atoms with E-state index in [1.54, 1.807) is 0 Å². The SMILES string of the molecule is C=CC(=O)OC[C@@H](C=C)C(C)(C)C. The first-order valence-corrected chi connectivity index (χ1v) is 4.33. The molecule has 0 aliphatic heterocycles. The van der Waals surface area contributed by atoms with Crippen LogP contribution in [0.2, 0.25) is 0 Å². The van der Waals surface area contributed by atoms with Crippen molar-refractivity contribution in [2.45, 2.75) is 20.8 Å². The van der Waals surface area contributed by atoms with E-state index < -0.39 is 0 Å². The maximum absolute atomic E-state index is 10.8. The van der Waals surface area contributed by atoms with E-state index in [9.17, 15) is 4.79 Å². The van der Waals surface area contributed by atoms with E-state index in [0.29, 0.717) is 6.61 Å². The van der Waals surface area contributed by atoms with Gasteiger partial charge in [0.05, 0.1) is 6.61 Å². The highest BCUT2D eigenvalue weighted by Crippen LogP contribution is 2.26. The molecule has 74 valence electrons. The number of ether oxygens (including phenoxy) is 1. The van der Waals surface area contributed by atoms with Gasteiger partial charge in [-0.15, -0.1) is 6.58 Å². The molecule has 2 nitrogen and oxygen atoms in total. The third-order valence-electron chi connectivity index (χ3n) is 1.97. The Hall–Kier alpha value is -1.05. The van der Waals surface area contributed by atoms with E-state index in [1.807, 2.05) is 6.08 Å². The predicted molar refractivity (Wildman–Crippen MR) is 54.3 cm³/mol. The average molecular weight is 182 g/mol. The van der Waals surface area contributed by atoms with Crippen LogP contribution in [0.3, 0.4) is 0 Å². The Kier molecular flexibility index (Phi) is 4.46. The summed E-state index contributed by atoms with van der Waals surface area (Å²) in [6.45, 7) is 13.7. The summed E-state index contributed by atoms with van der Waals surface area (Å²) in [5, 5.41) is 0. The van der Waals surface area contributed by atoms with Gasteiger partial charge >= 0.3 is 5.97 Å². The van der Waals surface area contributed by atoms with Crippen LogP contribution in [0.15, 0.2) is 25.3 Å². The minimum Gasteiger partial charge on any atom is -0.462 e. The Morgan fingerprint density at radius 1 is 1.46 bits per heavy atom. The summed E-state index contributed by atoms with van der Waals surface area (Å²) in [4.78, 5) is 10.8. The molecule has 0 aliphatic rings. The maximum Gasteiger partial charge on any atom is 0.330 e. The Labute approximate surface area is 80.3 Å². The van der Waals surface area contributed by atoms with Gasteiger partial charge in [0.15, 0.2) is 0 Å². The van der Waals surface area contributed by atoms with Crippen LogP contribution in [0.5, 0.6) is 0 Å². The van der Waals surface area contributed by atoms with E-state index in [1.165, 1.54) is 6.08 Å². The normalized spacial score (nSPS) is 13.2. The number of carbonyl (C=O) groups excluding carboxylic acids is 1. The van der Waals surface area contributed by atoms with E-state index in [-0.39, 0.29) is 17.3 Å². The van der Waals surface area contributed by atoms with Crippen molar-refractivity contribution in [1.82, 2.24) is 0 Å². The van der Waals surface area contributed by atoms with Crippen molar-refractivity contribution < 1.29 is 9.53 Å². The van der Waals surface area contributed by atoms with Gasteiger partial charge in [0.25, 0.3) is 0 Å². The molecule has 0 aliphatic carbocycles. The Morgan fingerprint density at radius 3 is 2.31 bits per heavy atom. The monoisotopic (exact) mass is 182 g/mol. The highest BCUT2D eigenvalue weighted by Gasteiger charge is 2.22. The maximum atomic E-state index is 10.8. The van der Waals surface area contributed by atoms with Crippen molar-refractivity contribution in [3.8, 4) is 0 Å². The molecule has 0 amide bonds. The third kappa shape index (κ3) is 4.51. The van der Waals surface area contributed by atoms with Crippen LogP contribution in [-0.4, -0.2) is 12.6 Å². The minimum absolute atomic E-state index is 0.0726. The second-order valence-corrected chi connectivity index (χ2v) is 4.04. The fourth-order valence-corrected chi connectivity index (χ4v) is 0.902. The van der Waals surface area contributed by atoms with Crippen LogP contribution < -0.4 is 0 Å². The Bertz CT molecular complexity index is 199. The Morgan fingerprint density at radius 2 is 2.00 bits per heavy atom. The summed E-state index contributed by atoms with van der Waals surface area (Å²) in [6.07, 6.45) is 2.99. The first-order valence-electron chi connectivity index (χ1n) is 4.33. The smallest absolute Gasteiger partial charge is 0.330 e. The van der Waals surface area contributed by atoms with Crippen molar-refractivity contribution >= 4 is 5.97 Å². The zero-order valence-corrected chi connectivity index (χ0v) is 8.67. The summed E-state index contributed by atoms with van der Waals surface area (Å²) in [5.74, 6) is -0.201. The van der Waals surface area contributed by atoms with E-state index >= 15 is 0 Å². The molecule has 0 radical (unpaired) electrons. The van der Waals surface area contributed by atoms with E-state index in [0.717, 1.165) is 0 Å². The number of hydrogen-bond donors (Lipinski definition) is 0. The number of rotatable bonds is 4. The molecule has 13 heavy (non-hydrogen) atoms. The van der Waals surface area contributed by atoms with Crippen LogP contribution in [0, 0.1) is 11.3 Å². The van der Waals surface area contributed by atoms with Gasteiger partial charge in [-0.05, 0) is 5.41 Å². The molecule has 1 atom stereocenters. The van der Waals surface area contributed by atoms with Gasteiger partial charge in [0.1, 0.15) is 0 Å². The molecule has 0 spiro atoms. The van der Waals surface area contributed by atoms with Crippen molar-refractivity contribution in [3.05, 3.63) is 25.3 Å². The standard InChI is InChI=1S/C11H18O2/c1-6-9(11(3,4)5)8-13-10(12)7-2/h6-7,9H,1-2,8H2,3-5H3/t9-/m1/s1. The number of esters is 1. The van der Waals surface area contributed by atoms with Crippen molar-refractivity contribution in [2.75, 3.05) is 6.61 Å². The second-order valence-electron chi connectivity index (χ2n) is 4.04. The molecule has 0 heterocycles. The summed E-state index contributed by atoms with van der Waals surface area (Å²) >= 11 is 0. The van der Waals surface area contributed by atoms with Gasteiger partial charge in [-0.1, -0.05) is 33.4 Å². The lowest BCUT2D eigenvalue weighted by Crippen LogP contribution is -2.24. The van der Waals surface area contributed by atoms with E-state index in [4.69, 9.17) is 4.74 Å². The van der Waals surface area contributed by atoms with Gasteiger partial charge < -0.3 is 4.74 Å². The molecule has 0 bridgehead atoms. The van der Waals surface area contributed by atoms with Gasteiger partial charge in [0, 0.05) is 12.0 Å². The number of hydrogen-bond acceptors (Lipinski definition) is 2. The largest absolute Gasteiger partial charge is 0.462 e. The van der Waals surface area contributed by atoms with Crippen molar-refractivity contribution in [2.24, 2.45) is 11.3 Å². The highest BCUT2D eigenvalue weighted by molar-refractivity contribution is 5.81. The van der Waals surface area contributed by atoms with Crippen LogP contribution in [0.1, 0.15) is 20.8 Å². The van der Waals surface area contributed by atoms with Crippen molar-refractivity contribution in [3.63, 3.8) is 0 Å². The summed E-state index contributed by atoms with van der Waals surface area (Å²) in [7, 11) is 0. The summed E-state index contributed by atoms with van der Waals surface area (Å²) in [6, 6.07) is 0. The molecular weight excluding hydrogens is 164 g/mol. The molecule has 0 saturated heterocycles. The lowest BCUT2D eigenvalue weighted by molar-refractivity contribution is -0.139. The highest BCUT2D eigenvalue weighted by atomic mass is 16.5. The van der Waals surface area contributed by atoms with Crippen molar-refractivity contribution in [1.29, 1.82) is 0 Å². The average Bonchev–Trinajstić information content (AvgIpc) is 2.02. The van der Waals surface area contributed by atoms with E-state index in [2.05, 4.69) is 33.9 Å². The zero-order chi connectivity index (χ0) is 10.5. The zero-order valence-electron chi connectivity index (χ0n) is 8.67. The van der Waals surface area contributed by atoms with Gasteiger partial charge in [-0.3, -0.25) is 0 Å². The molecule has 0 unspecified atom stereocenters. The lowest BCUT2D eigenvalue weighted by Gasteiger charge is -2.27. The molecule has 2 heteroatoms. The molecule has 0 rings (SSSR count). The van der Waals surface area contributed by atoms with Crippen LogP contribution in [0.4, 0.5) is 0 Å². The quantitative estimate of drug-likeness (QED) is 0.379. The molecule has 0 aromatic rings. The first kappa shape index (κ1) is 11.9. The van der Waals surface area contributed by atoms with Crippen LogP contribution >= 0.6 is 0 Å². The lowest BCUT2D eigenvalue weighted by atomic mass is 9.81. The molecule has 0 N–H and O–H groups in total. The van der Waals surface area contributed by atoms with Crippen LogP contribution in [-0.2, 0) is 9.53 Å². The molecule has 0 saturated carbocycles. The van der Waals surface area contributed by atoms with Gasteiger partial charge in [-0.2, -0.15) is 0 Å². The molecular formula is C11H18O2. The fraction of sp³-hybridized carbons (Fsp3) is 0.545. The second kappa shape index (κ2) is 4.85. The molecule has 0 fully saturated rings. The summed E-state index contributed by atoms with van der Waals surface area (Å²) < 4.78 is 4.94. The fourth-order valence-electron chi connectivity index (χ4n) is 0.902. The summed E-state index contributed by atoms with van der Waals surface area (Å²) in [5.41, 5.74) is 0.0726. The molecule has 0 aromatic heterocycles. The first-order chi connectivity index (χ1) is 5.91. The number of carbonyl (C=O) groups is 1. The predicted octanol–water partition coefficient (Wildman–Crippen LogP) is 2.56. The van der Waals surface area contributed by atoms with Gasteiger partial charge in [0.2, 0.25) is 0 Å². The minimum atomic E-state index is -0.379. The van der Waals surface area contributed by atoms with Gasteiger partial charge in [-0.25, -0.2) is 4.79 Å².